The van der Waals surface area contributed by atoms with Crippen molar-refractivity contribution in [2.45, 2.75) is 26.2 Å². The maximum Gasteiger partial charge on any atom is 0.150 e. The molecule has 5 heteroatoms. The summed E-state index contributed by atoms with van der Waals surface area (Å²) >= 11 is 0. The number of nitriles is 1. The fourth-order valence-electron chi connectivity index (χ4n) is 1.96. The highest BCUT2D eigenvalue weighted by Crippen LogP contribution is 2.31. The second-order valence-electron chi connectivity index (χ2n) is 5.45. The van der Waals surface area contributed by atoms with Crippen LogP contribution in [-0.2, 0) is 5.41 Å². The Morgan fingerprint density at radius 1 is 1.26 bits per heavy atom. The topological polar surface area (TPSA) is 93.6 Å². The minimum Gasteiger partial charge on any atom is -0.382 e. The molecule has 2 aromatic rings. The van der Waals surface area contributed by atoms with Crippen LogP contribution in [0.1, 0.15) is 32.2 Å². The molecule has 98 valence electrons. The van der Waals surface area contributed by atoms with E-state index in [-0.39, 0.29) is 5.41 Å². The van der Waals surface area contributed by atoms with Gasteiger partial charge in [0.05, 0.1) is 11.6 Å². The van der Waals surface area contributed by atoms with Gasteiger partial charge in [-0.25, -0.2) is 9.66 Å². The molecule has 0 saturated heterocycles. The number of benzene rings is 1. The van der Waals surface area contributed by atoms with Gasteiger partial charge in [-0.3, -0.25) is 0 Å². The number of nitrogen functional groups attached to an aromatic ring is 2. The number of rotatable bonds is 1. The molecule has 0 bridgehead atoms. The lowest BCUT2D eigenvalue weighted by Crippen LogP contribution is -2.24. The summed E-state index contributed by atoms with van der Waals surface area (Å²) in [6.45, 7) is 6.04. The van der Waals surface area contributed by atoms with Crippen molar-refractivity contribution in [2.24, 2.45) is 0 Å². The Morgan fingerprint density at radius 3 is 2.42 bits per heavy atom. The molecule has 5 nitrogen and oxygen atoms in total. The fraction of sp³-hybridized carbons (Fsp3) is 0.286. The Hall–Kier alpha value is -2.48. The van der Waals surface area contributed by atoms with Crippen molar-refractivity contribution in [2.75, 3.05) is 11.6 Å². The molecular formula is C14H17N5. The Kier molecular flexibility index (Phi) is 2.95. The smallest absolute Gasteiger partial charge is 0.150 e. The fourth-order valence-corrected chi connectivity index (χ4v) is 1.96. The summed E-state index contributed by atoms with van der Waals surface area (Å²) in [5, 5.41) is 9.15. The van der Waals surface area contributed by atoms with Gasteiger partial charge < -0.3 is 11.6 Å². The molecule has 0 atom stereocenters. The molecule has 2 rings (SSSR count). The van der Waals surface area contributed by atoms with Crippen LogP contribution in [0, 0.1) is 11.3 Å². The van der Waals surface area contributed by atoms with Crippen molar-refractivity contribution in [1.82, 2.24) is 9.66 Å². The van der Waals surface area contributed by atoms with Crippen LogP contribution < -0.4 is 11.6 Å². The number of anilines is 1. The van der Waals surface area contributed by atoms with Crippen molar-refractivity contribution in [3.05, 3.63) is 35.7 Å². The molecular weight excluding hydrogens is 238 g/mol. The van der Waals surface area contributed by atoms with Crippen molar-refractivity contribution < 1.29 is 0 Å². The second kappa shape index (κ2) is 4.32. The third-order valence-electron chi connectivity index (χ3n) is 2.92. The van der Waals surface area contributed by atoms with Crippen molar-refractivity contribution in [3.8, 4) is 17.3 Å². The van der Waals surface area contributed by atoms with E-state index >= 15 is 0 Å². The van der Waals surface area contributed by atoms with Crippen molar-refractivity contribution >= 4 is 5.82 Å². The lowest BCUT2D eigenvalue weighted by molar-refractivity contribution is 0.532. The Labute approximate surface area is 112 Å². The molecule has 0 unspecified atom stereocenters. The highest BCUT2D eigenvalue weighted by Gasteiger charge is 2.25. The zero-order valence-corrected chi connectivity index (χ0v) is 11.3. The third kappa shape index (κ3) is 2.13. The normalized spacial score (nSPS) is 11.3. The highest BCUT2D eigenvalue weighted by atomic mass is 15.4. The van der Waals surface area contributed by atoms with E-state index in [0.29, 0.717) is 28.5 Å². The first-order valence-electron chi connectivity index (χ1n) is 5.99. The molecule has 19 heavy (non-hydrogen) atoms. The van der Waals surface area contributed by atoms with E-state index < -0.39 is 0 Å². The standard InChI is InChI=1S/C14H17N5/c1-14(2,3)13-18-11(12(16)19(13)17)10-7-5-4-6-9(10)8-15/h4-7H,16-17H2,1-3H3. The van der Waals surface area contributed by atoms with Crippen LogP contribution in [0.4, 0.5) is 5.82 Å². The lowest BCUT2D eigenvalue weighted by atomic mass is 9.96. The third-order valence-corrected chi connectivity index (χ3v) is 2.92. The Morgan fingerprint density at radius 2 is 1.89 bits per heavy atom. The van der Waals surface area contributed by atoms with Gasteiger partial charge in [-0.2, -0.15) is 5.26 Å². The molecule has 1 aromatic heterocycles. The van der Waals surface area contributed by atoms with E-state index in [1.165, 1.54) is 4.68 Å². The summed E-state index contributed by atoms with van der Waals surface area (Å²) in [5.74, 6) is 7.02. The van der Waals surface area contributed by atoms with E-state index in [9.17, 15) is 0 Å². The Bertz CT molecular complexity index is 655. The van der Waals surface area contributed by atoms with Crippen LogP contribution in [-0.4, -0.2) is 9.66 Å². The average Bonchev–Trinajstić information content (AvgIpc) is 2.66. The number of nitrogens with zero attached hydrogens (tertiary/aromatic N) is 3. The molecule has 1 aromatic carbocycles. The van der Waals surface area contributed by atoms with Crippen LogP contribution in [0.25, 0.3) is 11.3 Å². The van der Waals surface area contributed by atoms with Gasteiger partial charge in [0, 0.05) is 11.0 Å². The zero-order chi connectivity index (χ0) is 14.2. The van der Waals surface area contributed by atoms with Crippen LogP contribution in [0.15, 0.2) is 24.3 Å². The molecule has 0 spiro atoms. The van der Waals surface area contributed by atoms with Gasteiger partial charge in [0.25, 0.3) is 0 Å². The molecule has 0 aliphatic carbocycles. The predicted octanol–water partition coefficient (Wildman–Crippen LogP) is 2.02. The first-order chi connectivity index (χ1) is 8.86. The maximum atomic E-state index is 9.15. The van der Waals surface area contributed by atoms with Gasteiger partial charge in [0.15, 0.2) is 5.82 Å². The van der Waals surface area contributed by atoms with E-state index in [2.05, 4.69) is 11.1 Å². The lowest BCUT2D eigenvalue weighted by Gasteiger charge is -2.17. The van der Waals surface area contributed by atoms with E-state index in [1.54, 1.807) is 6.07 Å². The number of nitrogens with two attached hydrogens (primary N) is 2. The van der Waals surface area contributed by atoms with Gasteiger partial charge in [0.1, 0.15) is 11.5 Å². The highest BCUT2D eigenvalue weighted by molar-refractivity contribution is 5.76. The summed E-state index contributed by atoms with van der Waals surface area (Å²) in [5.41, 5.74) is 7.60. The quantitative estimate of drug-likeness (QED) is 0.762. The number of imidazole rings is 1. The number of aromatic nitrogens is 2. The van der Waals surface area contributed by atoms with Crippen molar-refractivity contribution in [1.29, 1.82) is 5.26 Å². The van der Waals surface area contributed by atoms with Gasteiger partial charge in [-0.1, -0.05) is 39.0 Å². The van der Waals surface area contributed by atoms with Gasteiger partial charge in [-0.05, 0) is 6.07 Å². The van der Waals surface area contributed by atoms with Crippen LogP contribution in [0.5, 0.6) is 0 Å². The first-order valence-corrected chi connectivity index (χ1v) is 5.99. The maximum absolute atomic E-state index is 9.15. The minimum absolute atomic E-state index is 0.220. The Balaban J connectivity index is 2.69. The molecule has 0 fully saturated rings. The van der Waals surface area contributed by atoms with Crippen LogP contribution in [0.2, 0.25) is 0 Å². The largest absolute Gasteiger partial charge is 0.382 e. The summed E-state index contributed by atoms with van der Waals surface area (Å²) in [6, 6.07) is 9.36. The first kappa shape index (κ1) is 13.0. The average molecular weight is 255 g/mol. The molecule has 0 saturated carbocycles. The molecule has 4 N–H and O–H groups in total. The van der Waals surface area contributed by atoms with E-state index in [1.807, 2.05) is 39.0 Å². The molecule has 0 aliphatic heterocycles. The summed E-state index contributed by atoms with van der Waals surface area (Å²) in [4.78, 5) is 4.52. The van der Waals surface area contributed by atoms with Crippen LogP contribution in [0.3, 0.4) is 0 Å². The van der Waals surface area contributed by atoms with E-state index in [4.69, 9.17) is 16.8 Å². The number of hydrogen-bond donors (Lipinski definition) is 2. The zero-order valence-electron chi connectivity index (χ0n) is 11.3. The van der Waals surface area contributed by atoms with E-state index in [0.717, 1.165) is 0 Å². The van der Waals surface area contributed by atoms with Gasteiger partial charge in [0.2, 0.25) is 0 Å². The summed E-state index contributed by atoms with van der Waals surface area (Å²) < 4.78 is 1.39. The molecule has 0 amide bonds. The monoisotopic (exact) mass is 255 g/mol. The number of hydrogen-bond acceptors (Lipinski definition) is 4. The van der Waals surface area contributed by atoms with Gasteiger partial charge >= 0.3 is 0 Å². The molecule has 0 aliphatic rings. The van der Waals surface area contributed by atoms with Gasteiger partial charge in [-0.15, -0.1) is 0 Å². The minimum atomic E-state index is -0.220. The summed E-state index contributed by atoms with van der Waals surface area (Å²) in [6.07, 6.45) is 0. The SMILES string of the molecule is CC(C)(C)c1nc(-c2ccccc2C#N)c(N)n1N. The van der Waals surface area contributed by atoms with Crippen molar-refractivity contribution in [3.63, 3.8) is 0 Å². The molecule has 0 radical (unpaired) electrons. The molecule has 1 heterocycles. The second-order valence-corrected chi connectivity index (χ2v) is 5.45. The predicted molar refractivity (Wildman–Crippen MR) is 75.6 cm³/mol. The summed E-state index contributed by atoms with van der Waals surface area (Å²) in [7, 11) is 0. The van der Waals surface area contributed by atoms with Crippen LogP contribution >= 0.6 is 0 Å².